The zero-order valence-corrected chi connectivity index (χ0v) is 9.94. The van der Waals surface area contributed by atoms with Gasteiger partial charge in [-0.3, -0.25) is 4.79 Å². The zero-order chi connectivity index (χ0) is 11.0. The van der Waals surface area contributed by atoms with Crippen LogP contribution in [-0.4, -0.2) is 25.5 Å². The molecule has 3 nitrogen and oxygen atoms in total. The van der Waals surface area contributed by atoms with Gasteiger partial charge < -0.3 is 10.6 Å². The highest BCUT2D eigenvalue weighted by Gasteiger charge is 2.09. The molecule has 84 valence electrons. The van der Waals surface area contributed by atoms with Gasteiger partial charge in [0, 0.05) is 19.5 Å². The van der Waals surface area contributed by atoms with Gasteiger partial charge in [-0.15, -0.1) is 0 Å². The van der Waals surface area contributed by atoms with E-state index < -0.39 is 0 Å². The molecule has 0 fully saturated rings. The molecule has 0 saturated heterocycles. The van der Waals surface area contributed by atoms with Crippen LogP contribution in [0.4, 0.5) is 0 Å². The van der Waals surface area contributed by atoms with Crippen LogP contribution in [0.1, 0.15) is 40.5 Å². The summed E-state index contributed by atoms with van der Waals surface area (Å²) in [5.41, 5.74) is 0.301. The molecule has 0 spiro atoms. The van der Waals surface area contributed by atoms with Crippen molar-refractivity contribution in [1.29, 1.82) is 0 Å². The van der Waals surface area contributed by atoms with E-state index in [0.29, 0.717) is 11.8 Å². The maximum atomic E-state index is 11.3. The third-order valence-corrected chi connectivity index (χ3v) is 1.98. The maximum absolute atomic E-state index is 11.3. The number of amides is 1. The van der Waals surface area contributed by atoms with Crippen molar-refractivity contribution in [3.05, 3.63) is 0 Å². The lowest BCUT2D eigenvalue weighted by Gasteiger charge is -2.17. The topological polar surface area (TPSA) is 41.1 Å². The Morgan fingerprint density at radius 3 is 2.36 bits per heavy atom. The Kier molecular flexibility index (Phi) is 6.54. The van der Waals surface area contributed by atoms with Crippen molar-refractivity contribution in [1.82, 2.24) is 10.6 Å². The molecule has 0 radical (unpaired) electrons. The van der Waals surface area contributed by atoms with Crippen molar-refractivity contribution in [2.45, 2.75) is 40.5 Å². The molecule has 0 bridgehead atoms. The predicted octanol–water partition coefficient (Wildman–Crippen LogP) is 1.54. The first-order chi connectivity index (χ1) is 6.45. The van der Waals surface area contributed by atoms with Gasteiger partial charge in [-0.25, -0.2) is 0 Å². The number of carbonyl (C=O) groups is 1. The Labute approximate surface area is 87.6 Å². The summed E-state index contributed by atoms with van der Waals surface area (Å²) in [6.45, 7) is 11.1. The largest absolute Gasteiger partial charge is 0.356 e. The van der Waals surface area contributed by atoms with Crippen molar-refractivity contribution >= 4 is 5.91 Å². The Hall–Kier alpha value is -0.570. The molecule has 2 N–H and O–H groups in total. The second-order valence-corrected chi connectivity index (χ2v) is 4.76. The summed E-state index contributed by atoms with van der Waals surface area (Å²) in [6.07, 6.45) is 1.61. The number of hydrogen-bond acceptors (Lipinski definition) is 2. The maximum Gasteiger partial charge on any atom is 0.221 e. The predicted molar refractivity (Wildman–Crippen MR) is 60.2 cm³/mol. The highest BCUT2D eigenvalue weighted by atomic mass is 16.1. The molecule has 1 amide bonds. The first-order valence-corrected chi connectivity index (χ1v) is 5.43. The average molecular weight is 200 g/mol. The third-order valence-electron chi connectivity index (χ3n) is 1.98. The van der Waals surface area contributed by atoms with E-state index in [1.54, 1.807) is 0 Å². The van der Waals surface area contributed by atoms with Crippen molar-refractivity contribution in [3.8, 4) is 0 Å². The summed E-state index contributed by atoms with van der Waals surface area (Å²) in [6, 6.07) is 0. The molecular formula is C11H24N2O. The first-order valence-electron chi connectivity index (χ1n) is 5.43. The minimum Gasteiger partial charge on any atom is -0.356 e. The monoisotopic (exact) mass is 200 g/mol. The molecule has 0 unspecified atom stereocenters. The van der Waals surface area contributed by atoms with Gasteiger partial charge in [-0.05, 0) is 18.4 Å². The SMILES string of the molecule is CCNCCC(=O)NCCC(C)(C)C. The van der Waals surface area contributed by atoms with Crippen LogP contribution in [0.5, 0.6) is 0 Å². The summed E-state index contributed by atoms with van der Waals surface area (Å²) in [5.74, 6) is 0.148. The molecule has 0 aliphatic rings. The summed E-state index contributed by atoms with van der Waals surface area (Å²) in [4.78, 5) is 11.3. The second kappa shape index (κ2) is 6.82. The minimum absolute atomic E-state index is 0.148. The lowest BCUT2D eigenvalue weighted by Crippen LogP contribution is -2.30. The van der Waals surface area contributed by atoms with Gasteiger partial charge in [-0.1, -0.05) is 27.7 Å². The minimum atomic E-state index is 0.148. The van der Waals surface area contributed by atoms with Crippen LogP contribution in [0.15, 0.2) is 0 Å². The normalized spacial score (nSPS) is 11.4. The van der Waals surface area contributed by atoms with Crippen LogP contribution < -0.4 is 10.6 Å². The fourth-order valence-electron chi connectivity index (χ4n) is 1.04. The van der Waals surface area contributed by atoms with Crippen LogP contribution >= 0.6 is 0 Å². The lowest BCUT2D eigenvalue weighted by molar-refractivity contribution is -0.121. The van der Waals surface area contributed by atoms with Gasteiger partial charge in [0.05, 0.1) is 0 Å². The van der Waals surface area contributed by atoms with E-state index in [-0.39, 0.29) is 5.91 Å². The van der Waals surface area contributed by atoms with E-state index in [2.05, 4.69) is 31.4 Å². The van der Waals surface area contributed by atoms with Gasteiger partial charge in [0.2, 0.25) is 5.91 Å². The van der Waals surface area contributed by atoms with Crippen molar-refractivity contribution in [2.75, 3.05) is 19.6 Å². The molecule has 0 aromatic heterocycles. The second-order valence-electron chi connectivity index (χ2n) is 4.76. The van der Waals surface area contributed by atoms with Gasteiger partial charge in [0.1, 0.15) is 0 Å². The summed E-state index contributed by atoms with van der Waals surface area (Å²) in [5, 5.41) is 6.04. The quantitative estimate of drug-likeness (QED) is 0.639. The molecule has 0 aromatic carbocycles. The molecule has 3 heteroatoms. The smallest absolute Gasteiger partial charge is 0.221 e. The van der Waals surface area contributed by atoms with Crippen molar-refractivity contribution < 1.29 is 4.79 Å². The number of hydrogen-bond donors (Lipinski definition) is 2. The summed E-state index contributed by atoms with van der Waals surface area (Å²) >= 11 is 0. The molecule has 0 aliphatic carbocycles. The van der Waals surface area contributed by atoms with Gasteiger partial charge in [-0.2, -0.15) is 0 Å². The molecule has 0 saturated carbocycles. The van der Waals surface area contributed by atoms with E-state index in [0.717, 1.165) is 26.1 Å². The van der Waals surface area contributed by atoms with Gasteiger partial charge >= 0.3 is 0 Å². The van der Waals surface area contributed by atoms with E-state index in [9.17, 15) is 4.79 Å². The van der Waals surface area contributed by atoms with Crippen molar-refractivity contribution in [2.24, 2.45) is 5.41 Å². The lowest BCUT2D eigenvalue weighted by atomic mass is 9.92. The third kappa shape index (κ3) is 9.52. The Bertz CT molecular complexity index is 161. The van der Waals surface area contributed by atoms with E-state index in [4.69, 9.17) is 0 Å². The van der Waals surface area contributed by atoms with E-state index >= 15 is 0 Å². The Morgan fingerprint density at radius 1 is 1.21 bits per heavy atom. The number of nitrogens with one attached hydrogen (secondary N) is 2. The number of rotatable bonds is 6. The summed E-state index contributed by atoms with van der Waals surface area (Å²) < 4.78 is 0. The van der Waals surface area contributed by atoms with Gasteiger partial charge in [0.25, 0.3) is 0 Å². The standard InChI is InChI=1S/C11H24N2O/c1-5-12-8-6-10(14)13-9-7-11(2,3)4/h12H,5-9H2,1-4H3,(H,13,14). The van der Waals surface area contributed by atoms with Crippen LogP contribution in [-0.2, 0) is 4.79 Å². The molecule has 0 aliphatic heterocycles. The van der Waals surface area contributed by atoms with Crippen molar-refractivity contribution in [3.63, 3.8) is 0 Å². The molecular weight excluding hydrogens is 176 g/mol. The Morgan fingerprint density at radius 2 is 1.86 bits per heavy atom. The van der Waals surface area contributed by atoms with E-state index in [1.165, 1.54) is 0 Å². The van der Waals surface area contributed by atoms with Crippen LogP contribution in [0, 0.1) is 5.41 Å². The van der Waals surface area contributed by atoms with Crippen LogP contribution in [0.2, 0.25) is 0 Å². The Balaban J connectivity index is 3.36. The fourth-order valence-corrected chi connectivity index (χ4v) is 1.04. The highest BCUT2D eigenvalue weighted by molar-refractivity contribution is 5.75. The fraction of sp³-hybridized carbons (Fsp3) is 0.909. The average Bonchev–Trinajstić information content (AvgIpc) is 2.02. The molecule has 0 aromatic rings. The highest BCUT2D eigenvalue weighted by Crippen LogP contribution is 2.16. The first kappa shape index (κ1) is 13.4. The molecule has 0 heterocycles. The molecule has 0 atom stereocenters. The van der Waals surface area contributed by atoms with E-state index in [1.807, 2.05) is 6.92 Å². The molecule has 0 rings (SSSR count). The number of carbonyl (C=O) groups excluding carboxylic acids is 1. The summed E-state index contributed by atoms with van der Waals surface area (Å²) in [7, 11) is 0. The van der Waals surface area contributed by atoms with Crippen LogP contribution in [0.25, 0.3) is 0 Å². The van der Waals surface area contributed by atoms with Gasteiger partial charge in [0.15, 0.2) is 0 Å². The zero-order valence-electron chi connectivity index (χ0n) is 9.94. The molecule has 14 heavy (non-hydrogen) atoms. The van der Waals surface area contributed by atoms with Crippen LogP contribution in [0.3, 0.4) is 0 Å².